The first-order valence-corrected chi connectivity index (χ1v) is 3.78. The molecule has 1 heterocycles. The highest BCUT2D eigenvalue weighted by Crippen LogP contribution is 1.90. The van der Waals surface area contributed by atoms with Crippen molar-refractivity contribution < 1.29 is 6.15 Å². The number of nitrogens with one attached hydrogen (secondary N) is 1. The van der Waals surface area contributed by atoms with E-state index in [1.54, 1.807) is 12.4 Å². The molecule has 10 heavy (non-hydrogen) atoms. The molecule has 1 aliphatic rings. The summed E-state index contributed by atoms with van der Waals surface area (Å²) in [6.07, 6.45) is 0. The molecule has 3 heteroatoms. The van der Waals surface area contributed by atoms with Crippen LogP contribution in [0, 0.1) is 0 Å². The lowest BCUT2D eigenvalue weighted by molar-refractivity contribution is 0.139. The average molecular weight is 145 g/mol. The lowest BCUT2D eigenvalue weighted by Crippen LogP contribution is -2.44. The number of nitrogens with zero attached hydrogens (tertiary/aromatic N) is 1. The molecule has 1 N–H and O–H groups in total. The molecule has 60 valence electrons. The minimum atomic E-state index is 0.804. The summed E-state index contributed by atoms with van der Waals surface area (Å²) in [5.74, 6) is 0. The zero-order valence-electron chi connectivity index (χ0n) is 7.55. The van der Waals surface area contributed by atoms with Gasteiger partial charge in [0, 0.05) is 39.8 Å². The Balaban J connectivity index is 2.07. The fraction of sp³-hybridized carbons (Fsp3) is 1.00. The van der Waals surface area contributed by atoms with Crippen molar-refractivity contribution in [3.63, 3.8) is 0 Å². The SMILES string of the molecule is [2H]N1CCN(CCOC)CC1. The van der Waals surface area contributed by atoms with E-state index in [1.807, 2.05) is 0 Å². The van der Waals surface area contributed by atoms with Crippen molar-refractivity contribution >= 4 is 0 Å². The molecule has 0 radical (unpaired) electrons. The summed E-state index contributed by atoms with van der Waals surface area (Å²) < 4.78 is 12.3. The maximum atomic E-state index is 7.31. The fourth-order valence-electron chi connectivity index (χ4n) is 1.09. The normalized spacial score (nSPS) is 24.7. The zero-order valence-corrected chi connectivity index (χ0v) is 6.55. The molecule has 0 aromatic carbocycles. The molecule has 0 unspecified atom stereocenters. The van der Waals surface area contributed by atoms with Gasteiger partial charge in [-0.25, -0.2) is 0 Å². The maximum Gasteiger partial charge on any atom is 0.122 e. The van der Waals surface area contributed by atoms with Gasteiger partial charge in [0.05, 0.1) is 6.61 Å². The third-order valence-electron chi connectivity index (χ3n) is 1.76. The first-order chi connectivity index (χ1) is 5.33. The largest absolute Gasteiger partial charge is 0.383 e. The van der Waals surface area contributed by atoms with Gasteiger partial charge in [-0.15, -0.1) is 0 Å². The van der Waals surface area contributed by atoms with E-state index in [4.69, 9.17) is 6.15 Å². The van der Waals surface area contributed by atoms with Gasteiger partial charge in [-0.2, -0.15) is 0 Å². The van der Waals surface area contributed by atoms with Crippen LogP contribution in [0.5, 0.6) is 0 Å². The first-order valence-electron chi connectivity index (χ1n) is 4.23. The Morgan fingerprint density at radius 3 is 2.90 bits per heavy atom. The van der Waals surface area contributed by atoms with Gasteiger partial charge in [-0.1, -0.05) is 0 Å². The van der Waals surface area contributed by atoms with E-state index in [1.165, 1.54) is 0 Å². The quantitative estimate of drug-likeness (QED) is 0.581. The van der Waals surface area contributed by atoms with Crippen LogP contribution >= 0.6 is 0 Å². The molecule has 0 spiro atoms. The summed E-state index contributed by atoms with van der Waals surface area (Å²) in [4.78, 5) is 2.33. The van der Waals surface area contributed by atoms with E-state index >= 15 is 0 Å². The summed E-state index contributed by atoms with van der Waals surface area (Å²) in [5, 5.41) is 1.61. The molecule has 0 aromatic rings. The lowest BCUT2D eigenvalue weighted by Gasteiger charge is -2.26. The number of ether oxygens (including phenoxy) is 1. The summed E-state index contributed by atoms with van der Waals surface area (Å²) in [6.45, 7) is 5.55. The van der Waals surface area contributed by atoms with E-state index in [2.05, 4.69) is 4.90 Å². The number of rotatable bonds is 3. The predicted molar refractivity (Wildman–Crippen MR) is 41.2 cm³/mol. The Hall–Kier alpha value is -0.120. The molecule has 0 atom stereocenters. The van der Waals surface area contributed by atoms with Crippen molar-refractivity contribution in [2.24, 2.45) is 0 Å². The molecule has 1 saturated heterocycles. The molecule has 0 amide bonds. The highest BCUT2D eigenvalue weighted by atomic mass is 16.5. The van der Waals surface area contributed by atoms with Crippen molar-refractivity contribution in [3.05, 3.63) is 0 Å². The van der Waals surface area contributed by atoms with Gasteiger partial charge in [0.15, 0.2) is 0 Å². The molecule has 3 nitrogen and oxygen atoms in total. The smallest absolute Gasteiger partial charge is 0.122 e. The second-order valence-corrected chi connectivity index (χ2v) is 2.51. The van der Waals surface area contributed by atoms with Crippen LogP contribution in [0.3, 0.4) is 0 Å². The monoisotopic (exact) mass is 145 g/mol. The number of methoxy groups -OCH3 is 1. The maximum absolute atomic E-state index is 7.31. The fourth-order valence-corrected chi connectivity index (χ4v) is 1.09. The molecular weight excluding hydrogens is 128 g/mol. The standard InChI is InChI=1S/C7H16N2O/c1-10-7-6-9-4-2-8-3-5-9/h8H,2-7H2,1H3/i/hD. The molecule has 0 bridgehead atoms. The van der Waals surface area contributed by atoms with Crippen LogP contribution in [0.4, 0.5) is 0 Å². The van der Waals surface area contributed by atoms with Gasteiger partial charge >= 0.3 is 0 Å². The Labute approximate surface area is 63.8 Å². The Morgan fingerprint density at radius 1 is 1.60 bits per heavy atom. The molecule has 1 fully saturated rings. The van der Waals surface area contributed by atoms with E-state index in [9.17, 15) is 0 Å². The van der Waals surface area contributed by atoms with Crippen molar-refractivity contribution in [3.8, 4) is 0 Å². The molecule has 1 aliphatic heterocycles. The van der Waals surface area contributed by atoms with Crippen LogP contribution in [0.1, 0.15) is 0 Å². The molecule has 0 aliphatic carbocycles. The Kier molecular flexibility index (Phi) is 3.07. The number of piperazine rings is 1. The molecule has 0 saturated carbocycles. The first kappa shape index (κ1) is 6.58. The van der Waals surface area contributed by atoms with Crippen LogP contribution < -0.4 is 5.31 Å². The number of hydrogen-bond acceptors (Lipinski definition) is 3. The van der Waals surface area contributed by atoms with E-state index in [0.29, 0.717) is 0 Å². The van der Waals surface area contributed by atoms with Gasteiger partial charge < -0.3 is 10.0 Å². The van der Waals surface area contributed by atoms with Crippen LogP contribution in [0.25, 0.3) is 0 Å². The zero-order chi connectivity index (χ0) is 8.10. The average Bonchev–Trinajstić information content (AvgIpc) is 2.04. The highest BCUT2D eigenvalue weighted by Gasteiger charge is 2.07. The van der Waals surface area contributed by atoms with Crippen LogP contribution in [-0.2, 0) is 4.74 Å². The minimum Gasteiger partial charge on any atom is -0.383 e. The van der Waals surface area contributed by atoms with Gasteiger partial charge in [0.2, 0.25) is 0 Å². The third-order valence-corrected chi connectivity index (χ3v) is 1.76. The lowest BCUT2D eigenvalue weighted by atomic mass is 10.4. The Morgan fingerprint density at radius 2 is 2.30 bits per heavy atom. The van der Waals surface area contributed by atoms with Gasteiger partial charge in [-0.3, -0.25) is 4.90 Å². The molecular formula is C7H16N2O. The second kappa shape index (κ2) is 4.66. The van der Waals surface area contributed by atoms with E-state index in [-0.39, 0.29) is 0 Å². The molecule has 1 rings (SSSR count). The van der Waals surface area contributed by atoms with E-state index < -0.39 is 0 Å². The van der Waals surface area contributed by atoms with Crippen molar-refractivity contribution in [1.82, 2.24) is 10.2 Å². The highest BCUT2D eigenvalue weighted by molar-refractivity contribution is 4.66. The second-order valence-electron chi connectivity index (χ2n) is 2.51. The summed E-state index contributed by atoms with van der Waals surface area (Å²) in [5.41, 5.74) is 0. The van der Waals surface area contributed by atoms with Crippen molar-refractivity contribution in [2.45, 2.75) is 0 Å². The minimum absolute atomic E-state index is 0.804. The van der Waals surface area contributed by atoms with Gasteiger partial charge in [-0.05, 0) is 0 Å². The third kappa shape index (κ3) is 2.64. The van der Waals surface area contributed by atoms with Crippen LogP contribution in [-0.4, -0.2) is 51.3 Å². The van der Waals surface area contributed by atoms with Gasteiger partial charge in [0.25, 0.3) is 0 Å². The van der Waals surface area contributed by atoms with Crippen LogP contribution in [0.15, 0.2) is 0 Å². The van der Waals surface area contributed by atoms with E-state index in [0.717, 1.165) is 39.3 Å². The predicted octanol–water partition coefficient (Wildman–Crippen LogP) is -0.462. The Bertz CT molecular complexity index is 102. The summed E-state index contributed by atoms with van der Waals surface area (Å²) in [6, 6.07) is 0. The van der Waals surface area contributed by atoms with Crippen molar-refractivity contribution in [1.29, 1.82) is 0 Å². The summed E-state index contributed by atoms with van der Waals surface area (Å²) in [7, 11) is 1.72. The van der Waals surface area contributed by atoms with Crippen molar-refractivity contribution in [2.75, 3.05) is 46.4 Å². The van der Waals surface area contributed by atoms with Crippen LogP contribution in [0.2, 0.25) is 1.41 Å². The molecule has 0 aromatic heterocycles. The van der Waals surface area contributed by atoms with Gasteiger partial charge in [0.1, 0.15) is 1.41 Å². The topological polar surface area (TPSA) is 24.5 Å². The number of hydrogen-bond donors (Lipinski definition) is 1. The summed E-state index contributed by atoms with van der Waals surface area (Å²) >= 11 is 0.